The van der Waals surface area contributed by atoms with Crippen LogP contribution in [-0.2, 0) is 16.2 Å². The summed E-state index contributed by atoms with van der Waals surface area (Å²) in [7, 11) is 1.31. The highest BCUT2D eigenvalue weighted by Gasteiger charge is 2.10. The molecule has 1 aromatic rings. The number of rotatable bonds is 5. The topological polar surface area (TPSA) is 94.1 Å². The molecule has 0 bridgehead atoms. The van der Waals surface area contributed by atoms with Crippen molar-refractivity contribution in [2.45, 2.75) is 6.61 Å². The quantitative estimate of drug-likeness (QED) is 0.332. The van der Waals surface area contributed by atoms with Gasteiger partial charge in [-0.2, -0.15) is 0 Å². The number of carbonyl (C=O) groups excluding carboxylic acids is 1. The molecule has 0 saturated carbocycles. The summed E-state index contributed by atoms with van der Waals surface area (Å²) < 4.78 is 4.63. The van der Waals surface area contributed by atoms with Crippen LogP contribution in [0.2, 0.25) is 0 Å². The summed E-state index contributed by atoms with van der Waals surface area (Å²) in [5.41, 5.74) is 6.29. The molecule has 92 valence electrons. The standard InChI is InChI=1S/C11H14N2O4/c1-16-11(15)9-5-3-2-4-8(9)7-17-13-10(12)6-14/h2-5,14H,6-7H2,1H3,(H2,12,13). The van der Waals surface area contributed by atoms with Gasteiger partial charge in [0.25, 0.3) is 0 Å². The van der Waals surface area contributed by atoms with Crippen LogP contribution in [-0.4, -0.2) is 30.6 Å². The van der Waals surface area contributed by atoms with Crippen LogP contribution in [0.5, 0.6) is 0 Å². The van der Waals surface area contributed by atoms with Crippen LogP contribution < -0.4 is 5.73 Å². The number of nitrogens with zero attached hydrogens (tertiary/aromatic N) is 1. The molecule has 6 heteroatoms. The number of methoxy groups -OCH3 is 1. The highest BCUT2D eigenvalue weighted by Crippen LogP contribution is 2.11. The average molecular weight is 238 g/mol. The lowest BCUT2D eigenvalue weighted by molar-refractivity contribution is 0.0593. The smallest absolute Gasteiger partial charge is 0.338 e. The summed E-state index contributed by atoms with van der Waals surface area (Å²) in [5, 5.41) is 12.1. The van der Waals surface area contributed by atoms with Crippen molar-refractivity contribution < 1.29 is 19.5 Å². The molecule has 0 aliphatic carbocycles. The number of ether oxygens (including phenoxy) is 1. The summed E-state index contributed by atoms with van der Waals surface area (Å²) in [6, 6.07) is 6.84. The van der Waals surface area contributed by atoms with Crippen LogP contribution in [0, 0.1) is 0 Å². The number of aliphatic hydroxyl groups excluding tert-OH is 1. The van der Waals surface area contributed by atoms with Gasteiger partial charge in [0.2, 0.25) is 0 Å². The van der Waals surface area contributed by atoms with Gasteiger partial charge in [-0.15, -0.1) is 0 Å². The first-order chi connectivity index (χ1) is 8.19. The minimum absolute atomic E-state index is 0.0273. The Balaban J connectivity index is 2.74. The SMILES string of the molecule is COC(=O)c1ccccc1CO/N=C(\N)CO. The normalized spacial score (nSPS) is 11.1. The van der Waals surface area contributed by atoms with Gasteiger partial charge >= 0.3 is 5.97 Å². The molecule has 0 heterocycles. The Labute approximate surface area is 98.6 Å². The van der Waals surface area contributed by atoms with E-state index >= 15 is 0 Å². The number of carbonyl (C=O) groups is 1. The van der Waals surface area contributed by atoms with Crippen molar-refractivity contribution >= 4 is 11.8 Å². The monoisotopic (exact) mass is 238 g/mol. The molecular formula is C11H14N2O4. The van der Waals surface area contributed by atoms with Crippen LogP contribution in [0.15, 0.2) is 29.4 Å². The summed E-state index contributed by atoms with van der Waals surface area (Å²) in [5.74, 6) is -0.469. The molecule has 0 radical (unpaired) electrons. The Morgan fingerprint density at radius 1 is 1.47 bits per heavy atom. The maximum atomic E-state index is 11.4. The molecule has 0 unspecified atom stereocenters. The molecule has 0 saturated heterocycles. The third-order valence-corrected chi connectivity index (χ3v) is 1.99. The van der Waals surface area contributed by atoms with E-state index in [1.54, 1.807) is 24.3 Å². The molecule has 3 N–H and O–H groups in total. The van der Waals surface area contributed by atoms with E-state index in [0.29, 0.717) is 11.1 Å². The van der Waals surface area contributed by atoms with Crippen molar-refractivity contribution in [1.82, 2.24) is 0 Å². The van der Waals surface area contributed by atoms with E-state index < -0.39 is 5.97 Å². The molecule has 0 spiro atoms. The molecule has 0 amide bonds. The first kappa shape index (κ1) is 13.0. The summed E-state index contributed by atoms with van der Waals surface area (Å²) in [6.45, 7) is -0.301. The maximum Gasteiger partial charge on any atom is 0.338 e. The molecule has 1 aromatic carbocycles. The van der Waals surface area contributed by atoms with Gasteiger partial charge in [-0.1, -0.05) is 23.4 Å². The van der Waals surface area contributed by atoms with Gasteiger partial charge in [-0.25, -0.2) is 4.79 Å². The summed E-state index contributed by atoms with van der Waals surface area (Å²) in [6.07, 6.45) is 0. The first-order valence-electron chi connectivity index (χ1n) is 4.90. The van der Waals surface area contributed by atoms with Crippen molar-refractivity contribution in [3.8, 4) is 0 Å². The molecular weight excluding hydrogens is 224 g/mol. The zero-order valence-corrected chi connectivity index (χ0v) is 9.42. The minimum atomic E-state index is -0.441. The molecule has 6 nitrogen and oxygen atoms in total. The van der Waals surface area contributed by atoms with Gasteiger partial charge in [-0.05, 0) is 6.07 Å². The Morgan fingerprint density at radius 3 is 2.82 bits per heavy atom. The van der Waals surface area contributed by atoms with Crippen molar-refractivity contribution in [3.05, 3.63) is 35.4 Å². The predicted molar refractivity (Wildman–Crippen MR) is 61.3 cm³/mol. The maximum absolute atomic E-state index is 11.4. The van der Waals surface area contributed by atoms with Gasteiger partial charge in [0.05, 0.1) is 12.7 Å². The van der Waals surface area contributed by atoms with E-state index in [1.807, 2.05) is 0 Å². The Hall–Kier alpha value is -2.08. The van der Waals surface area contributed by atoms with E-state index in [0.717, 1.165) is 0 Å². The molecule has 0 aliphatic heterocycles. The van der Waals surface area contributed by atoms with Crippen molar-refractivity contribution in [2.24, 2.45) is 10.9 Å². The lowest BCUT2D eigenvalue weighted by Crippen LogP contribution is -2.16. The number of oxime groups is 1. The third-order valence-electron chi connectivity index (χ3n) is 1.99. The average Bonchev–Trinajstić information content (AvgIpc) is 2.38. The van der Waals surface area contributed by atoms with Crippen LogP contribution >= 0.6 is 0 Å². The molecule has 0 aliphatic rings. The molecule has 0 aromatic heterocycles. The number of benzene rings is 1. The van der Waals surface area contributed by atoms with Gasteiger partial charge in [0, 0.05) is 5.56 Å². The van der Waals surface area contributed by atoms with Crippen LogP contribution in [0.4, 0.5) is 0 Å². The van der Waals surface area contributed by atoms with E-state index in [9.17, 15) is 4.79 Å². The number of esters is 1. The zero-order valence-electron chi connectivity index (χ0n) is 9.42. The second-order valence-electron chi connectivity index (χ2n) is 3.16. The van der Waals surface area contributed by atoms with Gasteiger partial charge < -0.3 is 20.4 Å². The summed E-state index contributed by atoms with van der Waals surface area (Å²) in [4.78, 5) is 16.3. The van der Waals surface area contributed by atoms with Crippen LogP contribution in [0.3, 0.4) is 0 Å². The van der Waals surface area contributed by atoms with Crippen LogP contribution in [0.25, 0.3) is 0 Å². The number of hydrogen-bond acceptors (Lipinski definition) is 5. The molecule has 0 atom stereocenters. The number of aliphatic hydroxyl groups is 1. The van der Waals surface area contributed by atoms with Crippen LogP contribution in [0.1, 0.15) is 15.9 Å². The van der Waals surface area contributed by atoms with Gasteiger partial charge in [0.1, 0.15) is 13.2 Å². The predicted octanol–water partition coefficient (Wildman–Crippen LogP) is 0.254. The molecule has 17 heavy (non-hydrogen) atoms. The largest absolute Gasteiger partial charge is 0.465 e. The summed E-state index contributed by atoms with van der Waals surface area (Å²) >= 11 is 0. The van der Waals surface area contributed by atoms with Crippen molar-refractivity contribution in [2.75, 3.05) is 13.7 Å². The second-order valence-corrected chi connectivity index (χ2v) is 3.16. The Morgan fingerprint density at radius 2 is 2.18 bits per heavy atom. The fourth-order valence-electron chi connectivity index (χ4n) is 1.17. The molecule has 0 fully saturated rings. The Kier molecular flexibility index (Phi) is 4.96. The van der Waals surface area contributed by atoms with Gasteiger partial charge in [0.15, 0.2) is 5.84 Å². The fraction of sp³-hybridized carbons (Fsp3) is 0.273. The highest BCUT2D eigenvalue weighted by atomic mass is 16.6. The number of amidine groups is 1. The number of nitrogens with two attached hydrogens (primary N) is 1. The van der Waals surface area contributed by atoms with Crippen molar-refractivity contribution in [1.29, 1.82) is 0 Å². The molecule has 1 rings (SSSR count). The van der Waals surface area contributed by atoms with E-state index in [1.165, 1.54) is 7.11 Å². The van der Waals surface area contributed by atoms with E-state index in [-0.39, 0.29) is 19.0 Å². The first-order valence-corrected chi connectivity index (χ1v) is 4.90. The van der Waals surface area contributed by atoms with Crippen molar-refractivity contribution in [3.63, 3.8) is 0 Å². The van der Waals surface area contributed by atoms with E-state index in [4.69, 9.17) is 15.7 Å². The zero-order chi connectivity index (χ0) is 12.7. The lowest BCUT2D eigenvalue weighted by Gasteiger charge is -2.06. The highest BCUT2D eigenvalue weighted by molar-refractivity contribution is 5.90. The third kappa shape index (κ3) is 3.76. The van der Waals surface area contributed by atoms with E-state index in [2.05, 4.69) is 9.89 Å². The second kappa shape index (κ2) is 6.49. The fourth-order valence-corrected chi connectivity index (χ4v) is 1.17. The number of hydrogen-bond donors (Lipinski definition) is 2. The minimum Gasteiger partial charge on any atom is -0.465 e. The van der Waals surface area contributed by atoms with Gasteiger partial charge in [-0.3, -0.25) is 0 Å². The lowest BCUT2D eigenvalue weighted by atomic mass is 10.1. The Bertz CT molecular complexity index is 418.